The first kappa shape index (κ1) is 15.6. The van der Waals surface area contributed by atoms with Crippen molar-refractivity contribution in [1.82, 2.24) is 9.88 Å². The lowest BCUT2D eigenvalue weighted by Crippen LogP contribution is -2.50. The number of aromatic nitrogens is 1. The first-order valence-corrected chi connectivity index (χ1v) is 8.02. The number of thiocarbonyl (C=S) groups is 1. The Kier molecular flexibility index (Phi) is 4.92. The van der Waals surface area contributed by atoms with Crippen molar-refractivity contribution in [2.24, 2.45) is 0 Å². The topological polar surface area (TPSA) is 40.6 Å². The Bertz CT molecular complexity index is 657. The van der Waals surface area contributed by atoms with Gasteiger partial charge in [0, 0.05) is 32.4 Å². The van der Waals surface area contributed by atoms with Crippen LogP contribution in [0.4, 0.5) is 11.4 Å². The standard InChI is InChI=1S/C17H20N4OS/c1-22-16-7-3-2-6-15(16)20-9-11-21(12-10-20)17(23)19-14-5-4-8-18-13-14/h2-8,13H,9-12H2,1H3,(H,19,23). The van der Waals surface area contributed by atoms with E-state index in [1.54, 1.807) is 19.5 Å². The highest BCUT2D eigenvalue weighted by Crippen LogP contribution is 2.28. The molecule has 1 aromatic heterocycles. The number of pyridine rings is 1. The van der Waals surface area contributed by atoms with Gasteiger partial charge in [-0.15, -0.1) is 0 Å². The molecule has 23 heavy (non-hydrogen) atoms. The second kappa shape index (κ2) is 7.28. The van der Waals surface area contributed by atoms with Gasteiger partial charge in [0.2, 0.25) is 0 Å². The van der Waals surface area contributed by atoms with E-state index in [1.807, 2.05) is 30.3 Å². The van der Waals surface area contributed by atoms with E-state index in [-0.39, 0.29) is 0 Å². The van der Waals surface area contributed by atoms with Gasteiger partial charge in [-0.25, -0.2) is 0 Å². The summed E-state index contributed by atoms with van der Waals surface area (Å²) in [6, 6.07) is 12.0. The van der Waals surface area contributed by atoms with Crippen molar-refractivity contribution in [3.8, 4) is 5.75 Å². The van der Waals surface area contributed by atoms with E-state index in [1.165, 1.54) is 0 Å². The molecule has 0 amide bonds. The van der Waals surface area contributed by atoms with Crippen LogP contribution in [0.15, 0.2) is 48.8 Å². The lowest BCUT2D eigenvalue weighted by molar-refractivity contribution is 0.382. The van der Waals surface area contributed by atoms with Gasteiger partial charge in [-0.2, -0.15) is 0 Å². The smallest absolute Gasteiger partial charge is 0.173 e. The third-order valence-electron chi connectivity index (χ3n) is 3.91. The average Bonchev–Trinajstić information content (AvgIpc) is 2.62. The number of nitrogens with one attached hydrogen (secondary N) is 1. The van der Waals surface area contributed by atoms with E-state index in [0.717, 1.165) is 48.4 Å². The van der Waals surface area contributed by atoms with Gasteiger partial charge in [-0.05, 0) is 36.5 Å². The molecule has 0 saturated carbocycles. The van der Waals surface area contributed by atoms with Gasteiger partial charge in [0.15, 0.2) is 5.11 Å². The van der Waals surface area contributed by atoms with Crippen molar-refractivity contribution < 1.29 is 4.74 Å². The zero-order chi connectivity index (χ0) is 16.1. The number of para-hydroxylation sites is 2. The van der Waals surface area contributed by atoms with Crippen molar-refractivity contribution in [2.45, 2.75) is 0 Å². The summed E-state index contributed by atoms with van der Waals surface area (Å²) in [7, 11) is 1.71. The van der Waals surface area contributed by atoms with Crippen LogP contribution >= 0.6 is 12.2 Å². The van der Waals surface area contributed by atoms with Gasteiger partial charge >= 0.3 is 0 Å². The molecule has 3 rings (SSSR count). The molecule has 2 aromatic rings. The number of methoxy groups -OCH3 is 1. The average molecular weight is 328 g/mol. The summed E-state index contributed by atoms with van der Waals surface area (Å²) in [5.74, 6) is 0.914. The lowest BCUT2D eigenvalue weighted by Gasteiger charge is -2.37. The Labute approximate surface area is 141 Å². The van der Waals surface area contributed by atoms with E-state index >= 15 is 0 Å². The van der Waals surface area contributed by atoms with Gasteiger partial charge in [0.25, 0.3) is 0 Å². The zero-order valence-electron chi connectivity index (χ0n) is 13.1. The molecule has 0 radical (unpaired) electrons. The summed E-state index contributed by atoms with van der Waals surface area (Å²) in [6.45, 7) is 3.58. The largest absolute Gasteiger partial charge is 0.495 e. The second-order valence-electron chi connectivity index (χ2n) is 5.32. The molecule has 1 aliphatic heterocycles. The Morgan fingerprint density at radius 3 is 2.61 bits per heavy atom. The highest BCUT2D eigenvalue weighted by molar-refractivity contribution is 7.80. The number of piperazine rings is 1. The first-order chi connectivity index (χ1) is 11.3. The second-order valence-corrected chi connectivity index (χ2v) is 5.70. The van der Waals surface area contributed by atoms with Crippen LogP contribution in [0, 0.1) is 0 Å². The summed E-state index contributed by atoms with van der Waals surface area (Å²) >= 11 is 5.50. The summed E-state index contributed by atoms with van der Waals surface area (Å²) in [5.41, 5.74) is 2.06. The summed E-state index contributed by atoms with van der Waals surface area (Å²) in [4.78, 5) is 8.61. The zero-order valence-corrected chi connectivity index (χ0v) is 13.9. The van der Waals surface area contributed by atoms with Crippen molar-refractivity contribution in [3.63, 3.8) is 0 Å². The predicted octanol–water partition coefficient (Wildman–Crippen LogP) is 2.61. The Hall–Kier alpha value is -2.34. The SMILES string of the molecule is COc1ccccc1N1CCN(C(=S)Nc2cccnc2)CC1. The highest BCUT2D eigenvalue weighted by atomic mass is 32.1. The predicted molar refractivity (Wildman–Crippen MR) is 97.2 cm³/mol. The van der Waals surface area contributed by atoms with E-state index in [0.29, 0.717) is 0 Å². The first-order valence-electron chi connectivity index (χ1n) is 7.62. The fraction of sp³-hybridized carbons (Fsp3) is 0.294. The molecule has 0 unspecified atom stereocenters. The maximum Gasteiger partial charge on any atom is 0.173 e. The van der Waals surface area contributed by atoms with Gasteiger partial charge < -0.3 is 19.9 Å². The van der Waals surface area contributed by atoms with Crippen LogP contribution in [0.2, 0.25) is 0 Å². The van der Waals surface area contributed by atoms with Crippen LogP contribution in [0.25, 0.3) is 0 Å². The van der Waals surface area contributed by atoms with Gasteiger partial charge in [0.1, 0.15) is 5.75 Å². The highest BCUT2D eigenvalue weighted by Gasteiger charge is 2.21. The summed E-state index contributed by atoms with van der Waals surface area (Å²) in [6.07, 6.45) is 3.53. The summed E-state index contributed by atoms with van der Waals surface area (Å²) < 4.78 is 5.45. The van der Waals surface area contributed by atoms with Crippen molar-refractivity contribution in [2.75, 3.05) is 43.5 Å². The molecule has 5 nitrogen and oxygen atoms in total. The molecule has 2 heterocycles. The molecule has 1 saturated heterocycles. The van der Waals surface area contributed by atoms with Crippen LogP contribution in [0.1, 0.15) is 0 Å². The lowest BCUT2D eigenvalue weighted by atomic mass is 10.2. The number of rotatable bonds is 3. The van der Waals surface area contributed by atoms with Crippen LogP contribution < -0.4 is 15.0 Å². The molecular formula is C17H20N4OS. The molecule has 120 valence electrons. The normalized spacial score (nSPS) is 14.5. The number of benzene rings is 1. The number of hydrogen-bond donors (Lipinski definition) is 1. The monoisotopic (exact) mass is 328 g/mol. The van der Waals surface area contributed by atoms with E-state index < -0.39 is 0 Å². The van der Waals surface area contributed by atoms with Crippen LogP contribution in [0.3, 0.4) is 0 Å². The van der Waals surface area contributed by atoms with Crippen molar-refractivity contribution in [3.05, 3.63) is 48.8 Å². The van der Waals surface area contributed by atoms with Crippen molar-refractivity contribution in [1.29, 1.82) is 0 Å². The molecule has 1 aromatic carbocycles. The van der Waals surface area contributed by atoms with Gasteiger partial charge in [0.05, 0.1) is 24.7 Å². The Balaban J connectivity index is 1.59. The maximum absolute atomic E-state index is 5.50. The van der Waals surface area contributed by atoms with E-state index in [2.05, 4.69) is 26.2 Å². The quantitative estimate of drug-likeness (QED) is 0.874. The third kappa shape index (κ3) is 3.71. The number of ether oxygens (including phenoxy) is 1. The van der Waals surface area contributed by atoms with Crippen LogP contribution in [-0.4, -0.2) is 48.3 Å². The number of hydrogen-bond acceptors (Lipinski definition) is 4. The van der Waals surface area contributed by atoms with Crippen LogP contribution in [0.5, 0.6) is 5.75 Å². The summed E-state index contributed by atoms with van der Waals surface area (Å²) in [5, 5.41) is 3.99. The van der Waals surface area contributed by atoms with Crippen molar-refractivity contribution >= 4 is 28.7 Å². The third-order valence-corrected chi connectivity index (χ3v) is 4.27. The van der Waals surface area contributed by atoms with Gasteiger partial charge in [-0.3, -0.25) is 4.98 Å². The number of nitrogens with zero attached hydrogens (tertiary/aromatic N) is 3. The van der Waals surface area contributed by atoms with Crippen LogP contribution in [-0.2, 0) is 0 Å². The molecule has 1 aliphatic rings. The molecule has 0 spiro atoms. The molecule has 0 bridgehead atoms. The van der Waals surface area contributed by atoms with Gasteiger partial charge in [-0.1, -0.05) is 12.1 Å². The molecule has 0 aliphatic carbocycles. The molecule has 1 N–H and O–H groups in total. The maximum atomic E-state index is 5.50. The fourth-order valence-corrected chi connectivity index (χ4v) is 2.98. The number of anilines is 2. The minimum atomic E-state index is 0.748. The molecule has 1 fully saturated rings. The molecule has 0 atom stereocenters. The molecular weight excluding hydrogens is 308 g/mol. The molecule has 6 heteroatoms. The fourth-order valence-electron chi connectivity index (χ4n) is 2.68. The Morgan fingerprint density at radius 2 is 1.91 bits per heavy atom. The Morgan fingerprint density at radius 1 is 1.13 bits per heavy atom. The minimum absolute atomic E-state index is 0.748. The minimum Gasteiger partial charge on any atom is -0.495 e. The van der Waals surface area contributed by atoms with E-state index in [9.17, 15) is 0 Å². The van der Waals surface area contributed by atoms with E-state index in [4.69, 9.17) is 17.0 Å².